The third kappa shape index (κ3) is 3.26. The predicted molar refractivity (Wildman–Crippen MR) is 94.1 cm³/mol. The number of aryl methyl sites for hydroxylation is 1. The molecule has 4 nitrogen and oxygen atoms in total. The second kappa shape index (κ2) is 6.27. The van der Waals surface area contributed by atoms with Crippen LogP contribution in [-0.2, 0) is 4.57 Å². The molecule has 2 aromatic rings. The molecule has 2 aromatic carbocycles. The molecular weight excluding hydrogens is 315 g/mol. The van der Waals surface area contributed by atoms with E-state index in [4.69, 9.17) is 4.52 Å². The quantitative estimate of drug-likeness (QED) is 0.557. The van der Waals surface area contributed by atoms with Crippen molar-refractivity contribution in [1.29, 1.82) is 0 Å². The molecule has 0 spiro atoms. The molecule has 0 aliphatic carbocycles. The lowest BCUT2D eigenvalue weighted by Gasteiger charge is -2.15. The number of fused-ring (bicyclic) bond motifs is 1. The summed E-state index contributed by atoms with van der Waals surface area (Å²) in [5, 5.41) is 6.00. The van der Waals surface area contributed by atoms with E-state index in [1.165, 1.54) is 4.90 Å². The topological polar surface area (TPSA) is 50.4 Å². The Balaban J connectivity index is 1.78. The van der Waals surface area contributed by atoms with Crippen LogP contribution in [0.4, 0.5) is 11.4 Å². The van der Waals surface area contributed by atoms with E-state index < -0.39 is 7.67 Å². The van der Waals surface area contributed by atoms with Crippen molar-refractivity contribution in [3.05, 3.63) is 48.0 Å². The lowest BCUT2D eigenvalue weighted by Crippen LogP contribution is -2.04. The zero-order chi connectivity index (χ0) is 15.6. The lowest BCUT2D eigenvalue weighted by atomic mass is 10.2. The van der Waals surface area contributed by atoms with Crippen LogP contribution in [0.3, 0.4) is 0 Å². The SMILES string of the molecule is CCCSc1ccc2c(c1)NP(=O)(Oc1ccccc1C)N2. The molecule has 0 aromatic heterocycles. The summed E-state index contributed by atoms with van der Waals surface area (Å²) in [5.74, 6) is 1.70. The molecule has 22 heavy (non-hydrogen) atoms. The second-order valence-corrected chi connectivity index (χ2v) is 8.09. The van der Waals surface area contributed by atoms with Gasteiger partial charge in [-0.3, -0.25) is 10.2 Å². The van der Waals surface area contributed by atoms with Crippen LogP contribution in [0, 0.1) is 6.92 Å². The van der Waals surface area contributed by atoms with E-state index in [0.29, 0.717) is 5.75 Å². The maximum atomic E-state index is 12.9. The van der Waals surface area contributed by atoms with E-state index in [9.17, 15) is 4.57 Å². The van der Waals surface area contributed by atoms with Gasteiger partial charge >= 0.3 is 7.67 Å². The summed E-state index contributed by atoms with van der Waals surface area (Å²) < 4.78 is 18.6. The van der Waals surface area contributed by atoms with E-state index >= 15 is 0 Å². The number of hydrogen-bond acceptors (Lipinski definition) is 3. The smallest absolute Gasteiger partial charge is 0.414 e. The molecule has 3 rings (SSSR count). The fraction of sp³-hybridized carbons (Fsp3) is 0.250. The first kappa shape index (κ1) is 15.3. The normalized spacial score (nSPS) is 19.2. The molecule has 116 valence electrons. The fourth-order valence-electron chi connectivity index (χ4n) is 2.21. The molecule has 0 amide bonds. The Morgan fingerprint density at radius 2 is 1.91 bits per heavy atom. The molecule has 0 saturated carbocycles. The number of nitrogens with one attached hydrogen (secondary N) is 2. The third-order valence-corrected chi connectivity index (χ3v) is 6.04. The first-order valence-electron chi connectivity index (χ1n) is 7.28. The Kier molecular flexibility index (Phi) is 4.37. The van der Waals surface area contributed by atoms with Crippen molar-refractivity contribution in [2.24, 2.45) is 0 Å². The van der Waals surface area contributed by atoms with Gasteiger partial charge in [0.05, 0.1) is 11.4 Å². The third-order valence-electron chi connectivity index (χ3n) is 3.32. The van der Waals surface area contributed by atoms with E-state index in [0.717, 1.165) is 29.1 Å². The van der Waals surface area contributed by atoms with Crippen LogP contribution in [0.5, 0.6) is 5.75 Å². The van der Waals surface area contributed by atoms with Crippen LogP contribution in [-0.4, -0.2) is 5.75 Å². The molecule has 1 aliphatic rings. The minimum atomic E-state index is -3.16. The molecular formula is C16H19N2O2PS. The van der Waals surface area contributed by atoms with Gasteiger partial charge in [0.2, 0.25) is 0 Å². The van der Waals surface area contributed by atoms with Crippen molar-refractivity contribution < 1.29 is 9.09 Å². The predicted octanol–water partition coefficient (Wildman–Crippen LogP) is 5.52. The number of para-hydroxylation sites is 1. The van der Waals surface area contributed by atoms with Crippen molar-refractivity contribution in [2.75, 3.05) is 15.9 Å². The first-order valence-corrected chi connectivity index (χ1v) is 9.89. The van der Waals surface area contributed by atoms with Crippen LogP contribution >= 0.6 is 19.4 Å². The van der Waals surface area contributed by atoms with Gasteiger partial charge in [0.25, 0.3) is 0 Å². The van der Waals surface area contributed by atoms with Crippen molar-refractivity contribution in [3.8, 4) is 5.75 Å². The van der Waals surface area contributed by atoms with Gasteiger partial charge in [0, 0.05) is 4.90 Å². The molecule has 2 N–H and O–H groups in total. The van der Waals surface area contributed by atoms with Gasteiger partial charge in [-0.2, -0.15) is 0 Å². The van der Waals surface area contributed by atoms with Crippen LogP contribution in [0.1, 0.15) is 18.9 Å². The zero-order valence-electron chi connectivity index (χ0n) is 12.6. The minimum Gasteiger partial charge on any atom is -0.414 e. The van der Waals surface area contributed by atoms with Crippen molar-refractivity contribution in [1.82, 2.24) is 0 Å². The van der Waals surface area contributed by atoms with E-state index in [1.54, 1.807) is 11.8 Å². The first-order chi connectivity index (χ1) is 10.6. The largest absolute Gasteiger partial charge is 0.444 e. The Hall–Kier alpha value is -1.58. The van der Waals surface area contributed by atoms with Gasteiger partial charge in [-0.05, 0) is 48.9 Å². The van der Waals surface area contributed by atoms with E-state index in [1.807, 2.05) is 49.4 Å². The Morgan fingerprint density at radius 1 is 1.14 bits per heavy atom. The second-order valence-electron chi connectivity index (χ2n) is 5.19. The van der Waals surface area contributed by atoms with Crippen LogP contribution in [0.2, 0.25) is 0 Å². The summed E-state index contributed by atoms with van der Waals surface area (Å²) in [5.41, 5.74) is 2.60. The van der Waals surface area contributed by atoms with Crippen LogP contribution < -0.4 is 14.7 Å². The molecule has 1 atom stereocenters. The van der Waals surface area contributed by atoms with Gasteiger partial charge in [-0.25, -0.2) is 4.57 Å². The number of hydrogen-bond donors (Lipinski definition) is 2. The van der Waals surface area contributed by atoms with Crippen molar-refractivity contribution in [3.63, 3.8) is 0 Å². The Bertz CT molecular complexity index is 736. The van der Waals surface area contributed by atoms with Gasteiger partial charge in [0.1, 0.15) is 5.75 Å². The highest BCUT2D eigenvalue weighted by Gasteiger charge is 2.33. The summed E-state index contributed by atoms with van der Waals surface area (Å²) in [6.07, 6.45) is 1.13. The van der Waals surface area contributed by atoms with Gasteiger partial charge in [-0.15, -0.1) is 11.8 Å². The number of benzene rings is 2. The van der Waals surface area contributed by atoms with Crippen molar-refractivity contribution in [2.45, 2.75) is 25.2 Å². The number of anilines is 2. The standard InChI is InChI=1S/C16H19N2O2PS/c1-3-10-22-13-8-9-14-15(11-13)18-21(19,17-14)20-16-7-5-4-6-12(16)2/h4-9,11H,3,10H2,1-2H3,(H2,17,18,19). The molecule has 1 aliphatic heterocycles. The molecule has 0 fully saturated rings. The number of rotatable bonds is 5. The lowest BCUT2D eigenvalue weighted by molar-refractivity contribution is 0.492. The summed E-state index contributed by atoms with van der Waals surface area (Å²) in [4.78, 5) is 1.17. The monoisotopic (exact) mass is 334 g/mol. The van der Waals surface area contributed by atoms with Crippen LogP contribution in [0.15, 0.2) is 47.4 Å². The molecule has 0 bridgehead atoms. The maximum Gasteiger partial charge on any atom is 0.444 e. The molecule has 0 radical (unpaired) electrons. The summed E-state index contributed by atoms with van der Waals surface area (Å²) in [6, 6.07) is 13.6. The maximum absolute atomic E-state index is 12.9. The summed E-state index contributed by atoms with van der Waals surface area (Å²) in [6.45, 7) is 4.09. The van der Waals surface area contributed by atoms with Crippen molar-refractivity contribution >= 4 is 30.8 Å². The summed E-state index contributed by atoms with van der Waals surface area (Å²) >= 11 is 1.79. The summed E-state index contributed by atoms with van der Waals surface area (Å²) in [7, 11) is -3.16. The van der Waals surface area contributed by atoms with E-state index in [-0.39, 0.29) is 0 Å². The van der Waals surface area contributed by atoms with Crippen LogP contribution in [0.25, 0.3) is 0 Å². The van der Waals surface area contributed by atoms with Gasteiger partial charge < -0.3 is 4.52 Å². The molecule has 0 saturated heterocycles. The number of thioether (sulfide) groups is 1. The minimum absolute atomic E-state index is 0.624. The zero-order valence-corrected chi connectivity index (χ0v) is 14.3. The van der Waals surface area contributed by atoms with E-state index in [2.05, 4.69) is 17.1 Å². The Labute approximate surface area is 135 Å². The van der Waals surface area contributed by atoms with Gasteiger partial charge in [-0.1, -0.05) is 25.1 Å². The molecule has 1 heterocycles. The highest BCUT2D eigenvalue weighted by Crippen LogP contribution is 2.55. The highest BCUT2D eigenvalue weighted by atomic mass is 32.2. The Morgan fingerprint density at radius 3 is 2.68 bits per heavy atom. The molecule has 6 heteroatoms. The van der Waals surface area contributed by atoms with Gasteiger partial charge in [0.15, 0.2) is 0 Å². The molecule has 1 unspecified atom stereocenters. The average Bonchev–Trinajstić information content (AvgIpc) is 2.82. The highest BCUT2D eigenvalue weighted by molar-refractivity contribution is 7.99. The fourth-order valence-corrected chi connectivity index (χ4v) is 4.66. The average molecular weight is 334 g/mol.